The van der Waals surface area contributed by atoms with Crippen LogP contribution in [-0.2, 0) is 9.47 Å². The number of aliphatic imine (C=N–C) groups is 1. The van der Waals surface area contributed by atoms with Gasteiger partial charge in [0.15, 0.2) is 5.96 Å². The van der Waals surface area contributed by atoms with Gasteiger partial charge in [-0.3, -0.25) is 9.89 Å². The molecule has 0 saturated carbocycles. The summed E-state index contributed by atoms with van der Waals surface area (Å²) in [6.45, 7) is 8.52. The van der Waals surface area contributed by atoms with Crippen LogP contribution in [0.15, 0.2) is 41.4 Å². The Hall–Kier alpha value is -1.16. The number of hydrogen-bond donors (Lipinski definition) is 1. The lowest BCUT2D eigenvalue weighted by atomic mass is 10.1. The van der Waals surface area contributed by atoms with Crippen molar-refractivity contribution < 1.29 is 9.47 Å². The van der Waals surface area contributed by atoms with Crippen LogP contribution in [0.1, 0.15) is 24.8 Å². The smallest absolute Gasteiger partial charge is 0.193 e. The molecule has 168 valence electrons. The first-order valence-electron chi connectivity index (χ1n) is 10.9. The highest BCUT2D eigenvalue weighted by atomic mass is 127. The Morgan fingerprint density at radius 2 is 1.90 bits per heavy atom. The highest BCUT2D eigenvalue weighted by Crippen LogP contribution is 2.10. The first-order valence-corrected chi connectivity index (χ1v) is 10.9. The van der Waals surface area contributed by atoms with E-state index in [9.17, 15) is 0 Å². The van der Waals surface area contributed by atoms with E-state index in [1.165, 1.54) is 5.56 Å². The van der Waals surface area contributed by atoms with Gasteiger partial charge in [-0.2, -0.15) is 0 Å². The lowest BCUT2D eigenvalue weighted by Crippen LogP contribution is -2.52. The number of nitrogens with zero attached hydrogens (tertiary/aromatic N) is 3. The predicted molar refractivity (Wildman–Crippen MR) is 135 cm³/mol. The van der Waals surface area contributed by atoms with Crippen molar-refractivity contribution in [2.75, 3.05) is 66.1 Å². The van der Waals surface area contributed by atoms with Crippen LogP contribution in [0, 0.1) is 0 Å². The zero-order chi connectivity index (χ0) is 20.2. The highest BCUT2D eigenvalue weighted by Gasteiger charge is 2.18. The number of halogens is 1. The minimum atomic E-state index is 0. The van der Waals surface area contributed by atoms with Gasteiger partial charge in [-0.25, -0.2) is 0 Å². The molecular formula is C23H37IN4O2. The fourth-order valence-electron chi connectivity index (χ4n) is 3.74. The van der Waals surface area contributed by atoms with Crippen molar-refractivity contribution in [1.82, 2.24) is 15.1 Å². The van der Waals surface area contributed by atoms with Gasteiger partial charge in [0.05, 0.1) is 6.10 Å². The Morgan fingerprint density at radius 3 is 2.60 bits per heavy atom. The minimum Gasteiger partial charge on any atom is -0.381 e. The SMILES string of the molecule is CN=C(NCCCOC1CCOCC1)N1CCN(C/C=C/c2ccccc2)CC1.I. The van der Waals surface area contributed by atoms with E-state index in [1.54, 1.807) is 0 Å². The number of benzene rings is 1. The van der Waals surface area contributed by atoms with Crippen molar-refractivity contribution in [1.29, 1.82) is 0 Å². The third-order valence-electron chi connectivity index (χ3n) is 5.48. The van der Waals surface area contributed by atoms with E-state index in [4.69, 9.17) is 9.47 Å². The molecule has 6 nitrogen and oxygen atoms in total. The normalized spacial score (nSPS) is 19.1. The summed E-state index contributed by atoms with van der Waals surface area (Å²) in [4.78, 5) is 9.32. The molecule has 30 heavy (non-hydrogen) atoms. The van der Waals surface area contributed by atoms with Gasteiger partial charge in [-0.1, -0.05) is 42.5 Å². The van der Waals surface area contributed by atoms with Gasteiger partial charge in [0.1, 0.15) is 0 Å². The van der Waals surface area contributed by atoms with Gasteiger partial charge in [-0.05, 0) is 24.8 Å². The maximum Gasteiger partial charge on any atom is 0.193 e. The molecule has 0 radical (unpaired) electrons. The molecular weight excluding hydrogens is 491 g/mol. The Bertz CT molecular complexity index is 627. The molecule has 0 aliphatic carbocycles. The summed E-state index contributed by atoms with van der Waals surface area (Å²) in [7, 11) is 1.87. The van der Waals surface area contributed by atoms with Crippen LogP contribution in [0.25, 0.3) is 6.08 Å². The summed E-state index contributed by atoms with van der Waals surface area (Å²) in [6.07, 6.45) is 7.90. The maximum atomic E-state index is 5.94. The van der Waals surface area contributed by atoms with Gasteiger partial charge < -0.3 is 19.7 Å². The Balaban J connectivity index is 0.00000320. The molecule has 0 unspecified atom stereocenters. The number of rotatable bonds is 8. The van der Waals surface area contributed by atoms with Gasteiger partial charge >= 0.3 is 0 Å². The van der Waals surface area contributed by atoms with Crippen molar-refractivity contribution in [2.24, 2.45) is 4.99 Å². The van der Waals surface area contributed by atoms with Gasteiger partial charge in [0, 0.05) is 66.1 Å². The fourth-order valence-corrected chi connectivity index (χ4v) is 3.74. The molecule has 2 heterocycles. The molecule has 0 spiro atoms. The average molecular weight is 528 g/mol. The number of hydrogen-bond acceptors (Lipinski definition) is 4. The topological polar surface area (TPSA) is 49.3 Å². The summed E-state index contributed by atoms with van der Waals surface area (Å²) in [5.41, 5.74) is 1.26. The maximum absolute atomic E-state index is 5.94. The Morgan fingerprint density at radius 1 is 1.17 bits per heavy atom. The zero-order valence-corrected chi connectivity index (χ0v) is 20.5. The second-order valence-electron chi connectivity index (χ2n) is 7.61. The monoisotopic (exact) mass is 528 g/mol. The van der Waals surface area contributed by atoms with Crippen molar-refractivity contribution in [3.05, 3.63) is 42.0 Å². The summed E-state index contributed by atoms with van der Waals surface area (Å²) in [5, 5.41) is 3.50. The number of nitrogens with one attached hydrogen (secondary N) is 1. The van der Waals surface area contributed by atoms with E-state index in [-0.39, 0.29) is 24.0 Å². The lowest BCUT2D eigenvalue weighted by molar-refractivity contribution is -0.0320. The summed E-state index contributed by atoms with van der Waals surface area (Å²) < 4.78 is 11.3. The van der Waals surface area contributed by atoms with E-state index in [2.05, 4.69) is 62.6 Å². The first-order chi connectivity index (χ1) is 14.3. The molecule has 2 fully saturated rings. The molecule has 0 amide bonds. The van der Waals surface area contributed by atoms with E-state index in [1.807, 2.05) is 7.05 Å². The van der Waals surface area contributed by atoms with Crippen molar-refractivity contribution >= 4 is 36.0 Å². The molecule has 2 aliphatic rings. The first kappa shape index (κ1) is 25.1. The van der Waals surface area contributed by atoms with Crippen molar-refractivity contribution in [3.8, 4) is 0 Å². The van der Waals surface area contributed by atoms with Crippen LogP contribution >= 0.6 is 24.0 Å². The van der Waals surface area contributed by atoms with E-state index in [0.29, 0.717) is 6.10 Å². The number of ether oxygens (including phenoxy) is 2. The zero-order valence-electron chi connectivity index (χ0n) is 18.2. The summed E-state index contributed by atoms with van der Waals surface area (Å²) in [6, 6.07) is 10.5. The van der Waals surface area contributed by atoms with Gasteiger partial charge in [-0.15, -0.1) is 24.0 Å². The molecule has 1 aromatic rings. The second kappa shape index (κ2) is 14.8. The molecule has 0 atom stereocenters. The standard InChI is InChI=1S/C23H36N4O2.HI/c1-24-23(25-12-6-18-29-22-10-19-28-20-11-22)27-16-14-26(15-17-27)13-5-9-21-7-3-2-4-8-21;/h2-5,7-9,22H,6,10-20H2,1H3,(H,24,25);1H/b9-5+;. The summed E-state index contributed by atoms with van der Waals surface area (Å²) >= 11 is 0. The van der Waals surface area contributed by atoms with E-state index >= 15 is 0 Å². The molecule has 1 aromatic carbocycles. The van der Waals surface area contributed by atoms with Crippen LogP contribution < -0.4 is 5.32 Å². The number of piperazine rings is 1. The van der Waals surface area contributed by atoms with E-state index in [0.717, 1.165) is 84.3 Å². The van der Waals surface area contributed by atoms with Crippen LogP contribution in [0.2, 0.25) is 0 Å². The van der Waals surface area contributed by atoms with Gasteiger partial charge in [0.2, 0.25) is 0 Å². The largest absolute Gasteiger partial charge is 0.381 e. The highest BCUT2D eigenvalue weighted by molar-refractivity contribution is 14.0. The molecule has 1 N–H and O–H groups in total. The quantitative estimate of drug-likeness (QED) is 0.243. The summed E-state index contributed by atoms with van der Waals surface area (Å²) in [5.74, 6) is 1.01. The second-order valence-corrected chi connectivity index (χ2v) is 7.61. The minimum absolute atomic E-state index is 0. The molecule has 0 bridgehead atoms. The molecule has 2 aliphatic heterocycles. The molecule has 2 saturated heterocycles. The Kier molecular flexibility index (Phi) is 12.4. The lowest BCUT2D eigenvalue weighted by Gasteiger charge is -2.36. The van der Waals surface area contributed by atoms with Crippen LogP contribution in [0.5, 0.6) is 0 Å². The van der Waals surface area contributed by atoms with Crippen molar-refractivity contribution in [3.63, 3.8) is 0 Å². The van der Waals surface area contributed by atoms with Crippen molar-refractivity contribution in [2.45, 2.75) is 25.4 Å². The predicted octanol–water partition coefficient (Wildman–Crippen LogP) is 3.10. The fraction of sp³-hybridized carbons (Fsp3) is 0.609. The average Bonchev–Trinajstić information content (AvgIpc) is 2.78. The van der Waals surface area contributed by atoms with Gasteiger partial charge in [0.25, 0.3) is 0 Å². The van der Waals surface area contributed by atoms with Crippen LogP contribution in [-0.4, -0.2) is 88.0 Å². The molecule has 0 aromatic heterocycles. The third kappa shape index (κ3) is 8.91. The number of guanidine groups is 1. The molecule has 3 rings (SSSR count). The van der Waals surface area contributed by atoms with Crippen LogP contribution in [0.4, 0.5) is 0 Å². The third-order valence-corrected chi connectivity index (χ3v) is 5.48. The van der Waals surface area contributed by atoms with Crippen LogP contribution in [0.3, 0.4) is 0 Å². The van der Waals surface area contributed by atoms with E-state index < -0.39 is 0 Å². The molecule has 7 heteroatoms. The Labute approximate surface area is 198 Å².